The molecule has 21 heavy (non-hydrogen) atoms. The van der Waals surface area contributed by atoms with Crippen LogP contribution in [0.5, 0.6) is 0 Å². The minimum absolute atomic E-state index is 0.0398. The predicted octanol–water partition coefficient (Wildman–Crippen LogP) is 3.25. The van der Waals surface area contributed by atoms with Crippen LogP contribution in [0.3, 0.4) is 0 Å². The molecule has 5 heteroatoms. The largest absolute Gasteiger partial charge is 0.277 e. The van der Waals surface area contributed by atoms with Crippen LogP contribution in [0, 0.1) is 5.92 Å². The summed E-state index contributed by atoms with van der Waals surface area (Å²) in [4.78, 5) is 17.0. The highest BCUT2D eigenvalue weighted by Gasteiger charge is 2.09. The molecule has 0 saturated heterocycles. The van der Waals surface area contributed by atoms with Gasteiger partial charge in [0.25, 0.3) is 5.56 Å². The van der Waals surface area contributed by atoms with Gasteiger partial charge in [-0.25, -0.2) is 10.4 Å². The second-order valence-corrected chi connectivity index (χ2v) is 5.18. The molecule has 0 amide bonds. The van der Waals surface area contributed by atoms with E-state index >= 15 is 0 Å². The number of aromatic nitrogens is 2. The molecule has 0 bridgehead atoms. The van der Waals surface area contributed by atoms with Crippen molar-refractivity contribution in [1.82, 2.24) is 9.55 Å². The van der Waals surface area contributed by atoms with Crippen LogP contribution < -0.4 is 11.0 Å². The highest BCUT2D eigenvalue weighted by Crippen LogP contribution is 2.11. The van der Waals surface area contributed by atoms with E-state index < -0.39 is 0 Å². The number of benzene rings is 1. The molecule has 1 atom stereocenters. The summed E-state index contributed by atoms with van der Waals surface area (Å²) in [5.74, 6) is 0.892. The number of para-hydroxylation sites is 1. The van der Waals surface area contributed by atoms with E-state index in [-0.39, 0.29) is 5.56 Å². The Balaban J connectivity index is 2.46. The van der Waals surface area contributed by atoms with Crippen molar-refractivity contribution >= 4 is 22.6 Å². The summed E-state index contributed by atoms with van der Waals surface area (Å²) in [5, 5.41) is 5.00. The van der Waals surface area contributed by atoms with Crippen LogP contribution in [0.2, 0.25) is 0 Å². The first kappa shape index (κ1) is 15.2. The lowest BCUT2D eigenvalue weighted by molar-refractivity contribution is 0.717. The van der Waals surface area contributed by atoms with Crippen molar-refractivity contribution in [3.05, 3.63) is 34.6 Å². The third-order valence-electron chi connectivity index (χ3n) is 3.84. The average Bonchev–Trinajstić information content (AvgIpc) is 2.52. The van der Waals surface area contributed by atoms with Gasteiger partial charge in [-0.05, 0) is 38.3 Å². The van der Waals surface area contributed by atoms with E-state index in [1.807, 2.05) is 32.0 Å². The van der Waals surface area contributed by atoms with Gasteiger partial charge < -0.3 is 0 Å². The van der Waals surface area contributed by atoms with Crippen molar-refractivity contribution in [2.75, 3.05) is 5.43 Å². The molecule has 0 fully saturated rings. The van der Waals surface area contributed by atoms with Crippen LogP contribution in [0.1, 0.15) is 34.1 Å². The monoisotopic (exact) mass is 286 g/mol. The third-order valence-corrected chi connectivity index (χ3v) is 3.84. The number of nitrogens with zero attached hydrogens (tertiary/aromatic N) is 3. The first-order chi connectivity index (χ1) is 10.1. The Morgan fingerprint density at radius 1 is 1.38 bits per heavy atom. The van der Waals surface area contributed by atoms with Gasteiger partial charge >= 0.3 is 0 Å². The van der Waals surface area contributed by atoms with Gasteiger partial charge in [-0.2, -0.15) is 5.10 Å². The normalized spacial score (nSPS) is 13.4. The van der Waals surface area contributed by atoms with Crippen LogP contribution in [-0.4, -0.2) is 15.3 Å². The number of hydrogen-bond acceptors (Lipinski definition) is 4. The molecule has 0 aliphatic heterocycles. The lowest BCUT2D eigenvalue weighted by atomic mass is 10.1. The van der Waals surface area contributed by atoms with Crippen molar-refractivity contribution < 1.29 is 0 Å². The Morgan fingerprint density at radius 3 is 2.76 bits per heavy atom. The fourth-order valence-electron chi connectivity index (χ4n) is 2.09. The average molecular weight is 286 g/mol. The number of rotatable bonds is 5. The number of hydrogen-bond donors (Lipinski definition) is 1. The fourth-order valence-corrected chi connectivity index (χ4v) is 2.09. The summed E-state index contributed by atoms with van der Waals surface area (Å²) >= 11 is 0. The zero-order valence-corrected chi connectivity index (χ0v) is 13.1. The van der Waals surface area contributed by atoms with Crippen LogP contribution in [0.15, 0.2) is 34.2 Å². The molecule has 1 aromatic heterocycles. The minimum atomic E-state index is -0.0398. The van der Waals surface area contributed by atoms with Gasteiger partial charge in [0.1, 0.15) is 0 Å². The highest BCUT2D eigenvalue weighted by atomic mass is 16.1. The van der Waals surface area contributed by atoms with E-state index in [1.54, 1.807) is 10.6 Å². The standard InChI is InChI=1S/C16H22N4O/c1-5-11(3)12(4)18-19-16-17-14-10-8-7-9-13(14)15(21)20(16)6-2/h7-11H,5-6H2,1-4H3,(H,17,19)/b18-12-/t11-/m1/s1. The smallest absolute Gasteiger partial charge is 0.262 e. The molecule has 2 rings (SSSR count). The van der Waals surface area contributed by atoms with Crippen molar-refractivity contribution in [2.24, 2.45) is 11.0 Å². The van der Waals surface area contributed by atoms with Gasteiger partial charge in [0.15, 0.2) is 0 Å². The molecule has 5 nitrogen and oxygen atoms in total. The minimum Gasteiger partial charge on any atom is -0.277 e. The number of fused-ring (bicyclic) bond motifs is 1. The lowest BCUT2D eigenvalue weighted by Gasteiger charge is -2.12. The molecule has 0 aliphatic rings. The van der Waals surface area contributed by atoms with Crippen molar-refractivity contribution in [1.29, 1.82) is 0 Å². The molecule has 0 unspecified atom stereocenters. The second kappa shape index (κ2) is 6.52. The number of hydrazone groups is 1. The molecule has 0 radical (unpaired) electrons. The Morgan fingerprint density at radius 2 is 2.10 bits per heavy atom. The lowest BCUT2D eigenvalue weighted by Crippen LogP contribution is -2.23. The van der Waals surface area contributed by atoms with Gasteiger partial charge in [-0.3, -0.25) is 9.36 Å². The Bertz CT molecular complexity index is 718. The molecule has 0 saturated carbocycles. The third kappa shape index (κ3) is 3.12. The maximum atomic E-state index is 12.4. The van der Waals surface area contributed by atoms with E-state index in [1.165, 1.54) is 0 Å². The molecule has 112 valence electrons. The summed E-state index contributed by atoms with van der Waals surface area (Å²) < 4.78 is 1.61. The van der Waals surface area contributed by atoms with Gasteiger partial charge in [0.05, 0.1) is 10.9 Å². The number of nitrogens with one attached hydrogen (secondary N) is 1. The van der Waals surface area contributed by atoms with Crippen molar-refractivity contribution in [3.63, 3.8) is 0 Å². The van der Waals surface area contributed by atoms with Gasteiger partial charge in [0.2, 0.25) is 5.95 Å². The van der Waals surface area contributed by atoms with E-state index in [0.717, 1.165) is 12.1 Å². The maximum absolute atomic E-state index is 12.4. The van der Waals surface area contributed by atoms with E-state index in [0.29, 0.717) is 29.3 Å². The molecular formula is C16H22N4O. The Labute approximate surface area is 124 Å². The maximum Gasteiger partial charge on any atom is 0.262 e. The van der Waals surface area contributed by atoms with E-state index in [2.05, 4.69) is 29.4 Å². The number of anilines is 1. The van der Waals surface area contributed by atoms with Crippen LogP contribution in [-0.2, 0) is 6.54 Å². The molecule has 1 N–H and O–H groups in total. The quantitative estimate of drug-likeness (QED) is 0.678. The first-order valence-corrected chi connectivity index (χ1v) is 7.38. The van der Waals surface area contributed by atoms with E-state index in [4.69, 9.17) is 0 Å². The molecule has 0 aliphatic carbocycles. The summed E-state index contributed by atoms with van der Waals surface area (Å²) in [6.07, 6.45) is 1.03. The molecule has 1 aromatic carbocycles. The van der Waals surface area contributed by atoms with Gasteiger partial charge in [0, 0.05) is 12.3 Å². The molecule has 2 aromatic rings. The zero-order chi connectivity index (χ0) is 15.4. The fraction of sp³-hybridized carbons (Fsp3) is 0.438. The summed E-state index contributed by atoms with van der Waals surface area (Å²) in [5.41, 5.74) is 4.60. The second-order valence-electron chi connectivity index (χ2n) is 5.18. The van der Waals surface area contributed by atoms with Crippen molar-refractivity contribution in [2.45, 2.75) is 40.7 Å². The Kier molecular flexibility index (Phi) is 4.73. The van der Waals surface area contributed by atoms with Gasteiger partial charge in [-0.15, -0.1) is 0 Å². The van der Waals surface area contributed by atoms with Gasteiger partial charge in [-0.1, -0.05) is 26.0 Å². The van der Waals surface area contributed by atoms with Crippen molar-refractivity contribution in [3.8, 4) is 0 Å². The van der Waals surface area contributed by atoms with Crippen LogP contribution in [0.25, 0.3) is 10.9 Å². The summed E-state index contributed by atoms with van der Waals surface area (Å²) in [7, 11) is 0. The summed E-state index contributed by atoms with van der Waals surface area (Å²) in [6, 6.07) is 7.37. The SMILES string of the molecule is CC[C@@H](C)/C(C)=N\Nc1nc2ccccc2c(=O)n1CC. The zero-order valence-electron chi connectivity index (χ0n) is 13.1. The Hall–Kier alpha value is -2.17. The predicted molar refractivity (Wildman–Crippen MR) is 87.9 cm³/mol. The van der Waals surface area contributed by atoms with Crippen LogP contribution in [0.4, 0.5) is 5.95 Å². The first-order valence-electron chi connectivity index (χ1n) is 7.38. The summed E-state index contributed by atoms with van der Waals surface area (Å²) in [6.45, 7) is 8.71. The molecule has 0 spiro atoms. The van der Waals surface area contributed by atoms with E-state index in [9.17, 15) is 4.79 Å². The molecule has 1 heterocycles. The topological polar surface area (TPSA) is 59.3 Å². The van der Waals surface area contributed by atoms with Crippen LogP contribution >= 0.6 is 0 Å². The highest BCUT2D eigenvalue weighted by molar-refractivity contribution is 5.84. The molecular weight excluding hydrogens is 264 g/mol.